The zero-order chi connectivity index (χ0) is 21.4. The molecule has 0 unspecified atom stereocenters. The third-order valence-electron chi connectivity index (χ3n) is 6.11. The molecule has 2 heteroatoms. The average Bonchev–Trinajstić information content (AvgIpc) is 3.10. The van der Waals surface area contributed by atoms with Crippen LogP contribution in [0.25, 0.3) is 22.3 Å². The van der Waals surface area contributed by atoms with Crippen molar-refractivity contribution in [1.82, 2.24) is 0 Å². The van der Waals surface area contributed by atoms with E-state index in [1.807, 2.05) is 97.1 Å². The molecular weight excluding hydrogens is 380 g/mol. The zero-order valence-corrected chi connectivity index (χ0v) is 17.3. The maximum atomic E-state index is 13.7. The van der Waals surface area contributed by atoms with Gasteiger partial charge in [-0.1, -0.05) is 104 Å². The van der Waals surface area contributed by atoms with Crippen LogP contribution < -0.4 is 0 Å². The van der Waals surface area contributed by atoms with E-state index >= 15 is 0 Å². The fourth-order valence-corrected chi connectivity index (χ4v) is 4.49. The molecular formula is C29H22O2. The van der Waals surface area contributed by atoms with Crippen molar-refractivity contribution in [2.45, 2.75) is 19.3 Å². The maximum absolute atomic E-state index is 13.7. The Kier molecular flexibility index (Phi) is 4.83. The topological polar surface area (TPSA) is 34.1 Å². The predicted molar refractivity (Wildman–Crippen MR) is 125 cm³/mol. The first-order valence-electron chi connectivity index (χ1n) is 10.6. The lowest BCUT2D eigenvalue weighted by Gasteiger charge is -2.12. The third kappa shape index (κ3) is 3.21. The highest BCUT2D eigenvalue weighted by Gasteiger charge is 2.42. The summed E-state index contributed by atoms with van der Waals surface area (Å²) in [5, 5.41) is 0. The molecule has 0 N–H and O–H groups in total. The molecule has 0 bridgehead atoms. The Morgan fingerprint density at radius 1 is 0.581 bits per heavy atom. The van der Waals surface area contributed by atoms with Crippen LogP contribution >= 0.6 is 0 Å². The first kappa shape index (κ1) is 19.2. The maximum Gasteiger partial charge on any atom is 0.179 e. The lowest BCUT2D eigenvalue weighted by atomic mass is 9.90. The molecule has 4 aromatic carbocycles. The van der Waals surface area contributed by atoms with Crippen LogP contribution in [0.3, 0.4) is 0 Å². The van der Waals surface area contributed by atoms with Crippen molar-refractivity contribution in [3.8, 4) is 22.3 Å². The molecule has 0 saturated heterocycles. The lowest BCUT2D eigenvalue weighted by molar-refractivity contribution is 0.0890. The molecule has 0 radical (unpaired) electrons. The van der Waals surface area contributed by atoms with E-state index in [-0.39, 0.29) is 11.6 Å². The number of fused-ring (bicyclic) bond motifs is 1. The van der Waals surface area contributed by atoms with Gasteiger partial charge in [0.15, 0.2) is 11.6 Å². The van der Waals surface area contributed by atoms with Gasteiger partial charge in [0.25, 0.3) is 0 Å². The number of hydrogen-bond donors (Lipinski definition) is 0. The molecule has 1 aliphatic rings. The number of hydrogen-bond acceptors (Lipinski definition) is 2. The summed E-state index contributed by atoms with van der Waals surface area (Å²) in [6.45, 7) is 2.09. The largest absolute Gasteiger partial charge is 0.293 e. The first-order valence-corrected chi connectivity index (χ1v) is 10.6. The summed E-state index contributed by atoms with van der Waals surface area (Å²) in [5.74, 6) is -1.00. The second-order valence-corrected chi connectivity index (χ2v) is 7.90. The van der Waals surface area contributed by atoms with Crippen molar-refractivity contribution < 1.29 is 9.59 Å². The molecule has 2 nitrogen and oxygen atoms in total. The van der Waals surface area contributed by atoms with Gasteiger partial charge >= 0.3 is 0 Å². The van der Waals surface area contributed by atoms with Crippen LogP contribution in [0.15, 0.2) is 97.1 Å². The second kappa shape index (κ2) is 7.81. The number of Topliss-reactive ketones (excluding diaryl/α,β-unsaturated/α-hetero) is 2. The average molecular weight is 402 g/mol. The minimum absolute atomic E-state index is 0.110. The minimum Gasteiger partial charge on any atom is -0.293 e. The zero-order valence-electron chi connectivity index (χ0n) is 17.3. The summed E-state index contributed by atoms with van der Waals surface area (Å²) in [4.78, 5) is 27.4. The molecule has 0 saturated carbocycles. The van der Waals surface area contributed by atoms with Crippen molar-refractivity contribution in [2.75, 3.05) is 0 Å². The van der Waals surface area contributed by atoms with E-state index in [1.165, 1.54) is 5.56 Å². The number of aryl methyl sites for hydroxylation is 1. The molecule has 0 amide bonds. The van der Waals surface area contributed by atoms with Gasteiger partial charge in [-0.2, -0.15) is 0 Å². The van der Waals surface area contributed by atoms with Gasteiger partial charge in [-0.15, -0.1) is 0 Å². The summed E-state index contributed by atoms with van der Waals surface area (Å²) >= 11 is 0. The Labute approximate surface area is 182 Å². The van der Waals surface area contributed by atoms with Crippen molar-refractivity contribution in [1.29, 1.82) is 0 Å². The molecule has 0 fully saturated rings. The van der Waals surface area contributed by atoms with Gasteiger partial charge in [0, 0.05) is 11.1 Å². The standard InChI is InChI=1S/C29H22O2/c1-2-19-13-15-22(16-14-19)25-28(30)26-23(20-9-5-3-6-10-20)17-18-24(27(26)29(25)31)21-11-7-4-8-12-21/h3-18,25H,2H2,1H3. The smallest absolute Gasteiger partial charge is 0.179 e. The van der Waals surface area contributed by atoms with Crippen LogP contribution in [0, 0.1) is 0 Å². The number of carbonyl (C=O) groups excluding carboxylic acids is 2. The van der Waals surface area contributed by atoms with Gasteiger partial charge in [0.1, 0.15) is 5.92 Å². The Morgan fingerprint density at radius 2 is 1.03 bits per heavy atom. The van der Waals surface area contributed by atoms with Crippen LogP contribution in [0.5, 0.6) is 0 Å². The van der Waals surface area contributed by atoms with Gasteiger partial charge in [-0.05, 0) is 39.8 Å². The van der Waals surface area contributed by atoms with Gasteiger partial charge in [-0.25, -0.2) is 0 Å². The van der Waals surface area contributed by atoms with E-state index in [0.29, 0.717) is 11.1 Å². The molecule has 0 heterocycles. The molecule has 1 aliphatic carbocycles. The molecule has 4 aromatic rings. The van der Waals surface area contributed by atoms with Gasteiger partial charge < -0.3 is 0 Å². The van der Waals surface area contributed by atoms with Crippen molar-refractivity contribution >= 4 is 11.6 Å². The fraction of sp³-hybridized carbons (Fsp3) is 0.103. The van der Waals surface area contributed by atoms with Gasteiger partial charge in [-0.3, -0.25) is 9.59 Å². The Hall–Kier alpha value is -3.78. The highest BCUT2D eigenvalue weighted by molar-refractivity contribution is 6.33. The summed E-state index contributed by atoms with van der Waals surface area (Å²) in [6.07, 6.45) is 0.920. The van der Waals surface area contributed by atoms with E-state index in [1.54, 1.807) is 0 Å². The van der Waals surface area contributed by atoms with E-state index < -0.39 is 5.92 Å². The molecule has 0 aromatic heterocycles. The summed E-state index contributed by atoms with van der Waals surface area (Å²) in [6, 6.07) is 31.5. The van der Waals surface area contributed by atoms with E-state index in [4.69, 9.17) is 0 Å². The minimum atomic E-state index is -0.784. The lowest BCUT2D eigenvalue weighted by Crippen LogP contribution is -2.13. The second-order valence-electron chi connectivity index (χ2n) is 7.90. The number of benzene rings is 4. The Balaban J connectivity index is 1.73. The molecule has 31 heavy (non-hydrogen) atoms. The van der Waals surface area contributed by atoms with Crippen LogP contribution in [0.4, 0.5) is 0 Å². The molecule has 0 spiro atoms. The predicted octanol–water partition coefficient (Wildman–Crippen LogP) is 6.75. The highest BCUT2D eigenvalue weighted by atomic mass is 16.2. The number of rotatable bonds is 4. The molecule has 0 aliphatic heterocycles. The molecule has 150 valence electrons. The summed E-state index contributed by atoms with van der Waals surface area (Å²) < 4.78 is 0. The van der Waals surface area contributed by atoms with Gasteiger partial charge in [0.05, 0.1) is 0 Å². The van der Waals surface area contributed by atoms with E-state index in [0.717, 1.165) is 34.2 Å². The molecule has 5 rings (SSSR count). The van der Waals surface area contributed by atoms with E-state index in [2.05, 4.69) is 6.92 Å². The third-order valence-corrected chi connectivity index (χ3v) is 6.11. The summed E-state index contributed by atoms with van der Waals surface area (Å²) in [7, 11) is 0. The summed E-state index contributed by atoms with van der Waals surface area (Å²) in [5.41, 5.74) is 6.57. The van der Waals surface area contributed by atoms with Crippen molar-refractivity contribution in [3.05, 3.63) is 119 Å². The Bertz CT molecular complexity index is 1190. The van der Waals surface area contributed by atoms with Crippen LogP contribution in [0.1, 0.15) is 44.7 Å². The van der Waals surface area contributed by atoms with Crippen LogP contribution in [0.2, 0.25) is 0 Å². The van der Waals surface area contributed by atoms with Gasteiger partial charge in [0.2, 0.25) is 0 Å². The molecule has 0 atom stereocenters. The van der Waals surface area contributed by atoms with E-state index in [9.17, 15) is 9.59 Å². The quantitative estimate of drug-likeness (QED) is 0.354. The van der Waals surface area contributed by atoms with Crippen LogP contribution in [-0.4, -0.2) is 11.6 Å². The van der Waals surface area contributed by atoms with Crippen molar-refractivity contribution in [3.63, 3.8) is 0 Å². The van der Waals surface area contributed by atoms with Crippen molar-refractivity contribution in [2.24, 2.45) is 0 Å². The van der Waals surface area contributed by atoms with Crippen LogP contribution in [-0.2, 0) is 6.42 Å². The SMILES string of the molecule is CCc1ccc(C2C(=O)c3c(-c4ccccc4)ccc(-c4ccccc4)c3C2=O)cc1. The highest BCUT2D eigenvalue weighted by Crippen LogP contribution is 2.43. The number of carbonyl (C=O) groups is 2. The Morgan fingerprint density at radius 3 is 1.45 bits per heavy atom. The first-order chi connectivity index (χ1) is 15.2. The normalized spacial score (nSPS) is 13.5. The number of ketones is 2. The fourth-order valence-electron chi connectivity index (χ4n) is 4.49. The monoisotopic (exact) mass is 402 g/mol.